The van der Waals surface area contributed by atoms with Gasteiger partial charge in [0.15, 0.2) is 0 Å². The molecule has 0 aromatic carbocycles. The number of terminal acetylenes is 1. The normalized spacial score (nSPS) is 18.6. The highest BCUT2D eigenvalue weighted by atomic mass is 32.2. The Bertz CT molecular complexity index is 181. The molecule has 1 N–H and O–H groups in total. The molecule has 1 saturated carbocycles. The molecule has 0 amide bonds. The molecule has 1 nitrogen and oxygen atoms in total. The lowest BCUT2D eigenvalue weighted by Crippen LogP contribution is -2.31. The minimum Gasteiger partial charge on any atom is -0.313 e. The Morgan fingerprint density at radius 1 is 1.57 bits per heavy atom. The Labute approximate surface area is 92.4 Å². The molecule has 1 unspecified atom stereocenters. The van der Waals surface area contributed by atoms with Gasteiger partial charge in [-0.2, -0.15) is 0 Å². The van der Waals surface area contributed by atoms with Crippen molar-refractivity contribution in [1.29, 1.82) is 0 Å². The van der Waals surface area contributed by atoms with Gasteiger partial charge in [-0.1, -0.05) is 25.2 Å². The van der Waals surface area contributed by atoms with Crippen LogP contribution in [-0.2, 0) is 0 Å². The van der Waals surface area contributed by atoms with Gasteiger partial charge in [0.1, 0.15) is 0 Å². The third-order valence-electron chi connectivity index (χ3n) is 2.84. The van der Waals surface area contributed by atoms with Gasteiger partial charge in [0, 0.05) is 18.3 Å². The smallest absolute Gasteiger partial charge is 0.0545 e. The summed E-state index contributed by atoms with van der Waals surface area (Å²) in [6, 6.07) is 0.687. The summed E-state index contributed by atoms with van der Waals surface area (Å²) < 4.78 is 0. The zero-order chi connectivity index (χ0) is 10.2. The molecule has 0 aliphatic heterocycles. The van der Waals surface area contributed by atoms with Crippen molar-refractivity contribution in [1.82, 2.24) is 5.32 Å². The van der Waals surface area contributed by atoms with E-state index in [2.05, 4.69) is 18.2 Å². The summed E-state index contributed by atoms with van der Waals surface area (Å²) >= 11 is 1.84. The van der Waals surface area contributed by atoms with Crippen LogP contribution in [0.1, 0.15) is 32.6 Å². The van der Waals surface area contributed by atoms with Crippen LogP contribution >= 0.6 is 11.8 Å². The maximum atomic E-state index is 5.17. The van der Waals surface area contributed by atoms with Gasteiger partial charge >= 0.3 is 0 Å². The monoisotopic (exact) mass is 211 g/mol. The van der Waals surface area contributed by atoms with Crippen LogP contribution in [0.15, 0.2) is 0 Å². The summed E-state index contributed by atoms with van der Waals surface area (Å²) in [7, 11) is 0. The summed E-state index contributed by atoms with van der Waals surface area (Å²) in [5.74, 6) is 5.64. The Morgan fingerprint density at radius 2 is 2.36 bits per heavy atom. The summed E-state index contributed by atoms with van der Waals surface area (Å²) in [6.07, 6.45) is 10.9. The first kappa shape index (κ1) is 11.9. The lowest BCUT2D eigenvalue weighted by molar-refractivity contribution is 0.267. The highest BCUT2D eigenvalue weighted by Crippen LogP contribution is 2.30. The first-order valence-electron chi connectivity index (χ1n) is 5.57. The predicted octanol–water partition coefficient (Wildman–Crippen LogP) is 2.52. The average molecular weight is 211 g/mol. The molecule has 1 atom stereocenters. The molecular weight excluding hydrogens is 190 g/mol. The molecule has 2 heteroatoms. The molecule has 0 heterocycles. The average Bonchev–Trinajstić information content (AvgIpc) is 2.11. The SMILES string of the molecule is C#CCSCCNC(C)CC1CCC1. The molecule has 0 spiro atoms. The summed E-state index contributed by atoms with van der Waals surface area (Å²) in [6.45, 7) is 3.39. The van der Waals surface area contributed by atoms with Crippen LogP contribution < -0.4 is 5.32 Å². The minimum atomic E-state index is 0.687. The first-order valence-corrected chi connectivity index (χ1v) is 6.73. The van der Waals surface area contributed by atoms with Gasteiger partial charge in [-0.3, -0.25) is 0 Å². The van der Waals surface area contributed by atoms with Crippen molar-refractivity contribution in [2.24, 2.45) is 5.92 Å². The van der Waals surface area contributed by atoms with E-state index in [4.69, 9.17) is 6.42 Å². The first-order chi connectivity index (χ1) is 6.83. The molecule has 1 fully saturated rings. The number of rotatable bonds is 7. The van der Waals surface area contributed by atoms with Gasteiger partial charge in [0.25, 0.3) is 0 Å². The van der Waals surface area contributed by atoms with E-state index in [1.165, 1.54) is 25.7 Å². The summed E-state index contributed by atoms with van der Waals surface area (Å²) in [5, 5.41) is 3.55. The lowest BCUT2D eigenvalue weighted by atomic mass is 9.81. The molecule has 1 aliphatic carbocycles. The van der Waals surface area contributed by atoms with E-state index in [0.29, 0.717) is 6.04 Å². The Kier molecular flexibility index (Phi) is 6.14. The fourth-order valence-corrected chi connectivity index (χ4v) is 2.34. The molecule has 0 radical (unpaired) electrons. The molecule has 0 aromatic heterocycles. The number of hydrogen-bond donors (Lipinski definition) is 1. The van der Waals surface area contributed by atoms with E-state index in [0.717, 1.165) is 24.0 Å². The van der Waals surface area contributed by atoms with Crippen molar-refractivity contribution in [3.05, 3.63) is 0 Å². The largest absolute Gasteiger partial charge is 0.313 e. The second kappa shape index (κ2) is 7.20. The number of hydrogen-bond acceptors (Lipinski definition) is 2. The zero-order valence-electron chi connectivity index (χ0n) is 9.09. The van der Waals surface area contributed by atoms with Crippen LogP contribution in [0.2, 0.25) is 0 Å². The second-order valence-electron chi connectivity index (χ2n) is 4.14. The molecule has 80 valence electrons. The predicted molar refractivity (Wildman–Crippen MR) is 65.6 cm³/mol. The van der Waals surface area contributed by atoms with E-state index in [-0.39, 0.29) is 0 Å². The van der Waals surface area contributed by atoms with Crippen LogP contribution in [0.5, 0.6) is 0 Å². The van der Waals surface area contributed by atoms with Crippen LogP contribution in [0.3, 0.4) is 0 Å². The Hall–Kier alpha value is -0.130. The van der Waals surface area contributed by atoms with Crippen LogP contribution in [0, 0.1) is 18.3 Å². The molecule has 0 saturated heterocycles. The van der Waals surface area contributed by atoms with Crippen LogP contribution in [-0.4, -0.2) is 24.1 Å². The maximum Gasteiger partial charge on any atom is 0.0545 e. The fraction of sp³-hybridized carbons (Fsp3) is 0.833. The topological polar surface area (TPSA) is 12.0 Å². The summed E-state index contributed by atoms with van der Waals surface area (Å²) in [5.41, 5.74) is 0. The molecule has 1 aliphatic rings. The van der Waals surface area contributed by atoms with Gasteiger partial charge in [-0.05, 0) is 19.3 Å². The third kappa shape index (κ3) is 4.93. The van der Waals surface area contributed by atoms with Crippen LogP contribution in [0.25, 0.3) is 0 Å². The van der Waals surface area contributed by atoms with Crippen molar-refractivity contribution in [3.8, 4) is 12.3 Å². The highest BCUT2D eigenvalue weighted by molar-refractivity contribution is 7.99. The molecule has 0 aromatic rings. The standard InChI is InChI=1S/C12H21NS/c1-3-8-14-9-7-13-11(2)10-12-5-4-6-12/h1,11-13H,4-10H2,2H3. The van der Waals surface area contributed by atoms with Crippen molar-refractivity contribution >= 4 is 11.8 Å². The van der Waals surface area contributed by atoms with Gasteiger partial charge < -0.3 is 5.32 Å². The van der Waals surface area contributed by atoms with Gasteiger partial charge in [-0.15, -0.1) is 18.2 Å². The highest BCUT2D eigenvalue weighted by Gasteiger charge is 2.19. The van der Waals surface area contributed by atoms with Gasteiger partial charge in [0.05, 0.1) is 5.75 Å². The van der Waals surface area contributed by atoms with Crippen molar-refractivity contribution in [2.75, 3.05) is 18.1 Å². The molecule has 1 rings (SSSR count). The van der Waals surface area contributed by atoms with Crippen LogP contribution in [0.4, 0.5) is 0 Å². The lowest BCUT2D eigenvalue weighted by Gasteiger charge is -2.28. The third-order valence-corrected chi connectivity index (χ3v) is 3.70. The van der Waals surface area contributed by atoms with Gasteiger partial charge in [0.2, 0.25) is 0 Å². The Morgan fingerprint density at radius 3 is 2.93 bits per heavy atom. The maximum absolute atomic E-state index is 5.17. The van der Waals surface area contributed by atoms with E-state index < -0.39 is 0 Å². The molecule has 0 bridgehead atoms. The zero-order valence-corrected chi connectivity index (χ0v) is 9.91. The number of nitrogens with one attached hydrogen (secondary N) is 1. The van der Waals surface area contributed by atoms with E-state index in [1.54, 1.807) is 0 Å². The van der Waals surface area contributed by atoms with E-state index in [9.17, 15) is 0 Å². The summed E-state index contributed by atoms with van der Waals surface area (Å²) in [4.78, 5) is 0. The van der Waals surface area contributed by atoms with E-state index >= 15 is 0 Å². The fourth-order valence-electron chi connectivity index (χ4n) is 1.82. The van der Waals surface area contributed by atoms with Crippen molar-refractivity contribution in [2.45, 2.75) is 38.6 Å². The quantitative estimate of drug-likeness (QED) is 0.513. The van der Waals surface area contributed by atoms with Crippen molar-refractivity contribution in [3.63, 3.8) is 0 Å². The minimum absolute atomic E-state index is 0.687. The van der Waals surface area contributed by atoms with Gasteiger partial charge in [-0.25, -0.2) is 0 Å². The second-order valence-corrected chi connectivity index (χ2v) is 5.25. The number of thioether (sulfide) groups is 1. The van der Waals surface area contributed by atoms with Crippen molar-refractivity contribution < 1.29 is 0 Å². The Balaban J connectivity index is 1.87. The molecule has 14 heavy (non-hydrogen) atoms. The van der Waals surface area contributed by atoms with E-state index in [1.807, 2.05) is 11.8 Å². The molecular formula is C12H21NS.